The number of halogens is 1. The van der Waals surface area contributed by atoms with Crippen molar-refractivity contribution in [3.8, 4) is 0 Å². The quantitative estimate of drug-likeness (QED) is 0.421. The highest BCUT2D eigenvalue weighted by atomic mass is 19.1. The van der Waals surface area contributed by atoms with Crippen molar-refractivity contribution < 1.29 is 9.13 Å². The van der Waals surface area contributed by atoms with E-state index in [9.17, 15) is 4.39 Å². The Labute approximate surface area is 161 Å². The van der Waals surface area contributed by atoms with Gasteiger partial charge in [-0.2, -0.15) is 0 Å². The van der Waals surface area contributed by atoms with Gasteiger partial charge in [-0.3, -0.25) is 9.89 Å². The molecule has 2 aliphatic heterocycles. The fourth-order valence-electron chi connectivity index (χ4n) is 3.50. The number of ether oxygens (including phenoxy) is 1. The maximum Gasteiger partial charge on any atom is 0.191 e. The third-order valence-corrected chi connectivity index (χ3v) is 4.92. The molecule has 1 atom stereocenters. The summed E-state index contributed by atoms with van der Waals surface area (Å²) in [6, 6.07) is 3.32. The van der Waals surface area contributed by atoms with Crippen LogP contribution in [-0.4, -0.2) is 80.9 Å². The molecule has 0 saturated carbocycles. The topological polar surface area (TPSA) is 65.0 Å². The third-order valence-electron chi connectivity index (χ3n) is 4.92. The van der Waals surface area contributed by atoms with E-state index in [0.29, 0.717) is 5.82 Å². The first-order chi connectivity index (χ1) is 13.3. The molecule has 8 heteroatoms. The van der Waals surface area contributed by atoms with Gasteiger partial charge in [0, 0.05) is 58.1 Å². The van der Waals surface area contributed by atoms with Crippen LogP contribution < -0.4 is 15.5 Å². The lowest BCUT2D eigenvalue weighted by Crippen LogP contribution is -2.45. The Morgan fingerprint density at radius 2 is 2.22 bits per heavy atom. The van der Waals surface area contributed by atoms with E-state index in [2.05, 4.69) is 27.4 Å². The molecule has 2 fully saturated rings. The second kappa shape index (κ2) is 10.4. The van der Waals surface area contributed by atoms with Gasteiger partial charge in [0.05, 0.1) is 13.2 Å². The minimum Gasteiger partial charge on any atom is -0.379 e. The van der Waals surface area contributed by atoms with E-state index in [4.69, 9.17) is 9.73 Å². The van der Waals surface area contributed by atoms with Crippen LogP contribution in [0.25, 0.3) is 0 Å². The summed E-state index contributed by atoms with van der Waals surface area (Å²) in [6.07, 6.45) is 3.61. The lowest BCUT2D eigenvalue weighted by molar-refractivity contribution is 0.0377. The van der Waals surface area contributed by atoms with Gasteiger partial charge in [-0.15, -0.1) is 0 Å². The number of guanidine groups is 1. The summed E-state index contributed by atoms with van der Waals surface area (Å²) < 4.78 is 19.3. The maximum atomic E-state index is 13.9. The van der Waals surface area contributed by atoms with Crippen LogP contribution in [0.4, 0.5) is 10.2 Å². The fourth-order valence-corrected chi connectivity index (χ4v) is 3.50. The normalized spacial score (nSPS) is 21.5. The Kier molecular flexibility index (Phi) is 7.65. The number of nitrogens with zero attached hydrogens (tertiary/aromatic N) is 4. The molecule has 0 radical (unpaired) electrons. The van der Waals surface area contributed by atoms with Crippen molar-refractivity contribution in [2.45, 2.75) is 25.8 Å². The van der Waals surface area contributed by atoms with Gasteiger partial charge in [0.25, 0.3) is 0 Å². The van der Waals surface area contributed by atoms with Gasteiger partial charge >= 0.3 is 0 Å². The van der Waals surface area contributed by atoms with Gasteiger partial charge in [0.1, 0.15) is 0 Å². The Balaban J connectivity index is 1.45. The molecule has 7 nitrogen and oxygen atoms in total. The van der Waals surface area contributed by atoms with Crippen molar-refractivity contribution in [3.63, 3.8) is 0 Å². The smallest absolute Gasteiger partial charge is 0.191 e. The molecule has 0 aromatic carbocycles. The SMILES string of the molecule is CCNC(=NCCCN1CCOCC1)NC1CCN(c2ncccc2F)C1. The van der Waals surface area contributed by atoms with Crippen molar-refractivity contribution in [3.05, 3.63) is 24.1 Å². The van der Waals surface area contributed by atoms with E-state index in [0.717, 1.165) is 77.8 Å². The molecule has 1 unspecified atom stereocenters. The standard InChI is InChI=1S/C19H31FN6O/c1-2-21-19(23-8-4-9-25-11-13-27-14-12-25)24-16-6-10-26(15-16)18-17(20)5-3-7-22-18/h3,5,7,16H,2,4,6,8-15H2,1H3,(H2,21,23,24). The van der Waals surface area contributed by atoms with Gasteiger partial charge in [-0.25, -0.2) is 9.37 Å². The number of rotatable bonds is 7. The third kappa shape index (κ3) is 6.04. The average Bonchev–Trinajstić information content (AvgIpc) is 3.15. The van der Waals surface area contributed by atoms with Gasteiger partial charge < -0.3 is 20.3 Å². The summed E-state index contributed by atoms with van der Waals surface area (Å²) in [5, 5.41) is 6.80. The second-order valence-corrected chi connectivity index (χ2v) is 6.95. The molecule has 150 valence electrons. The van der Waals surface area contributed by atoms with Crippen LogP contribution in [0.2, 0.25) is 0 Å². The molecule has 3 heterocycles. The van der Waals surface area contributed by atoms with Crippen LogP contribution in [0.1, 0.15) is 19.8 Å². The van der Waals surface area contributed by atoms with Crippen LogP contribution in [0, 0.1) is 5.82 Å². The van der Waals surface area contributed by atoms with Crippen molar-refractivity contribution in [2.75, 3.05) is 63.9 Å². The zero-order valence-corrected chi connectivity index (χ0v) is 16.2. The summed E-state index contributed by atoms with van der Waals surface area (Å²) in [7, 11) is 0. The van der Waals surface area contributed by atoms with E-state index in [1.165, 1.54) is 6.07 Å². The van der Waals surface area contributed by atoms with Crippen molar-refractivity contribution in [1.29, 1.82) is 0 Å². The number of aromatic nitrogens is 1. The maximum absolute atomic E-state index is 13.9. The molecule has 0 spiro atoms. The number of morpholine rings is 1. The molecule has 0 bridgehead atoms. The number of hydrogen-bond donors (Lipinski definition) is 2. The van der Waals surface area contributed by atoms with Crippen LogP contribution in [0.3, 0.4) is 0 Å². The summed E-state index contributed by atoms with van der Waals surface area (Å²) in [5.74, 6) is 1.02. The number of nitrogens with one attached hydrogen (secondary N) is 2. The number of pyridine rings is 1. The summed E-state index contributed by atoms with van der Waals surface area (Å²) >= 11 is 0. The zero-order chi connectivity index (χ0) is 18.9. The van der Waals surface area contributed by atoms with E-state index < -0.39 is 0 Å². The molecule has 2 aliphatic rings. The van der Waals surface area contributed by atoms with Gasteiger partial charge in [-0.1, -0.05) is 0 Å². The average molecular weight is 378 g/mol. The van der Waals surface area contributed by atoms with Crippen LogP contribution in [0.15, 0.2) is 23.3 Å². The Morgan fingerprint density at radius 3 is 3.00 bits per heavy atom. The first-order valence-corrected chi connectivity index (χ1v) is 9.96. The molecule has 1 aromatic rings. The summed E-state index contributed by atoms with van der Waals surface area (Å²) in [5.41, 5.74) is 0. The summed E-state index contributed by atoms with van der Waals surface area (Å²) in [6.45, 7) is 9.96. The highest BCUT2D eigenvalue weighted by Crippen LogP contribution is 2.20. The van der Waals surface area contributed by atoms with Crippen LogP contribution in [-0.2, 0) is 4.74 Å². The van der Waals surface area contributed by atoms with Crippen LogP contribution in [0.5, 0.6) is 0 Å². The summed E-state index contributed by atoms with van der Waals surface area (Å²) in [4.78, 5) is 13.3. The Morgan fingerprint density at radius 1 is 1.37 bits per heavy atom. The molecular formula is C19H31FN6O. The molecule has 2 N–H and O–H groups in total. The van der Waals surface area contributed by atoms with Gasteiger partial charge in [0.2, 0.25) is 0 Å². The molecule has 0 amide bonds. The molecular weight excluding hydrogens is 347 g/mol. The van der Waals surface area contributed by atoms with Crippen molar-refractivity contribution in [1.82, 2.24) is 20.5 Å². The molecule has 2 saturated heterocycles. The minimum atomic E-state index is -0.262. The monoisotopic (exact) mass is 378 g/mol. The molecule has 27 heavy (non-hydrogen) atoms. The highest BCUT2D eigenvalue weighted by Gasteiger charge is 2.25. The Hall–Kier alpha value is -1.93. The predicted octanol–water partition coefficient (Wildman–Crippen LogP) is 1.08. The second-order valence-electron chi connectivity index (χ2n) is 6.95. The lowest BCUT2D eigenvalue weighted by atomic mass is 10.3. The highest BCUT2D eigenvalue weighted by molar-refractivity contribution is 5.80. The predicted molar refractivity (Wildman–Crippen MR) is 106 cm³/mol. The van der Waals surface area contributed by atoms with Crippen LogP contribution >= 0.6 is 0 Å². The first-order valence-electron chi connectivity index (χ1n) is 9.96. The van der Waals surface area contributed by atoms with Crippen molar-refractivity contribution >= 4 is 11.8 Å². The fraction of sp³-hybridized carbons (Fsp3) is 0.684. The van der Waals surface area contributed by atoms with Gasteiger partial charge in [-0.05, 0) is 31.9 Å². The van der Waals surface area contributed by atoms with Crippen molar-refractivity contribution in [2.24, 2.45) is 4.99 Å². The van der Waals surface area contributed by atoms with E-state index in [1.807, 2.05) is 4.90 Å². The van der Waals surface area contributed by atoms with E-state index in [-0.39, 0.29) is 11.9 Å². The molecule has 0 aliphatic carbocycles. The Bertz CT molecular complexity index is 608. The number of hydrogen-bond acceptors (Lipinski definition) is 5. The molecule has 1 aromatic heterocycles. The number of anilines is 1. The first kappa shape index (κ1) is 19.8. The van der Waals surface area contributed by atoms with E-state index in [1.54, 1.807) is 12.3 Å². The van der Waals surface area contributed by atoms with E-state index >= 15 is 0 Å². The number of aliphatic imine (C=N–C) groups is 1. The lowest BCUT2D eigenvalue weighted by Gasteiger charge is -2.26. The van der Waals surface area contributed by atoms with Gasteiger partial charge in [0.15, 0.2) is 17.6 Å². The zero-order valence-electron chi connectivity index (χ0n) is 16.2. The largest absolute Gasteiger partial charge is 0.379 e. The minimum absolute atomic E-state index is 0.239. The molecule has 3 rings (SSSR count).